The number of nitriles is 1. The van der Waals surface area contributed by atoms with Crippen LogP contribution in [0.4, 0.5) is 5.69 Å². The highest BCUT2D eigenvalue weighted by atomic mass is 79.9. The lowest BCUT2D eigenvalue weighted by atomic mass is 10.0. The SMILES string of the molecule is CCc1ccc(C(C)Nc2cccc(Br)c2C#N)cc1. The summed E-state index contributed by atoms with van der Waals surface area (Å²) < 4.78 is 0.818. The molecule has 0 bridgehead atoms. The van der Waals surface area contributed by atoms with Crippen LogP contribution >= 0.6 is 15.9 Å². The van der Waals surface area contributed by atoms with Crippen LogP contribution in [0.3, 0.4) is 0 Å². The van der Waals surface area contributed by atoms with E-state index in [0.717, 1.165) is 16.6 Å². The maximum atomic E-state index is 9.23. The van der Waals surface area contributed by atoms with Gasteiger partial charge in [-0.25, -0.2) is 0 Å². The molecule has 2 rings (SSSR count). The minimum atomic E-state index is 0.155. The lowest BCUT2D eigenvalue weighted by Crippen LogP contribution is -2.08. The minimum Gasteiger partial charge on any atom is -0.377 e. The molecule has 1 atom stereocenters. The van der Waals surface area contributed by atoms with Crippen molar-refractivity contribution in [1.29, 1.82) is 5.26 Å². The van der Waals surface area contributed by atoms with Gasteiger partial charge in [0.2, 0.25) is 0 Å². The molecule has 0 aliphatic carbocycles. The van der Waals surface area contributed by atoms with E-state index in [1.54, 1.807) is 0 Å². The molecule has 0 aromatic heterocycles. The number of nitrogens with zero attached hydrogens (tertiary/aromatic N) is 1. The summed E-state index contributed by atoms with van der Waals surface area (Å²) in [6, 6.07) is 16.7. The Labute approximate surface area is 128 Å². The normalized spacial score (nSPS) is 11.7. The van der Waals surface area contributed by atoms with Crippen molar-refractivity contribution in [3.05, 3.63) is 63.6 Å². The van der Waals surface area contributed by atoms with Crippen LogP contribution in [0.5, 0.6) is 0 Å². The Morgan fingerprint density at radius 1 is 1.20 bits per heavy atom. The molecule has 0 aliphatic heterocycles. The molecule has 0 heterocycles. The first kappa shape index (κ1) is 14.6. The molecule has 0 radical (unpaired) electrons. The number of aryl methyl sites for hydroxylation is 1. The van der Waals surface area contributed by atoms with E-state index < -0.39 is 0 Å². The minimum absolute atomic E-state index is 0.155. The number of nitrogens with one attached hydrogen (secondary N) is 1. The van der Waals surface area contributed by atoms with Gasteiger partial charge in [-0.2, -0.15) is 5.26 Å². The first-order valence-electron chi connectivity index (χ1n) is 6.69. The fourth-order valence-electron chi connectivity index (χ4n) is 2.12. The number of rotatable bonds is 4. The number of benzene rings is 2. The van der Waals surface area contributed by atoms with Crippen molar-refractivity contribution in [2.24, 2.45) is 0 Å². The molecule has 20 heavy (non-hydrogen) atoms. The largest absolute Gasteiger partial charge is 0.377 e. The average molecular weight is 329 g/mol. The van der Waals surface area contributed by atoms with Gasteiger partial charge in [0.15, 0.2) is 0 Å². The van der Waals surface area contributed by atoms with E-state index >= 15 is 0 Å². The highest BCUT2D eigenvalue weighted by molar-refractivity contribution is 9.10. The number of anilines is 1. The average Bonchev–Trinajstić information content (AvgIpc) is 2.47. The number of hydrogen-bond acceptors (Lipinski definition) is 2. The summed E-state index contributed by atoms with van der Waals surface area (Å²) >= 11 is 3.41. The summed E-state index contributed by atoms with van der Waals surface area (Å²) in [5.74, 6) is 0. The predicted molar refractivity (Wildman–Crippen MR) is 86.7 cm³/mol. The van der Waals surface area contributed by atoms with Crippen LogP contribution in [-0.2, 0) is 6.42 Å². The van der Waals surface area contributed by atoms with Gasteiger partial charge >= 0.3 is 0 Å². The van der Waals surface area contributed by atoms with Crippen molar-refractivity contribution >= 4 is 21.6 Å². The zero-order valence-electron chi connectivity index (χ0n) is 11.7. The Balaban J connectivity index is 2.21. The number of hydrogen-bond donors (Lipinski definition) is 1. The van der Waals surface area contributed by atoms with Crippen LogP contribution in [-0.4, -0.2) is 0 Å². The molecule has 0 saturated carbocycles. The Morgan fingerprint density at radius 2 is 1.90 bits per heavy atom. The van der Waals surface area contributed by atoms with Gasteiger partial charge in [-0.05, 0) is 52.5 Å². The summed E-state index contributed by atoms with van der Waals surface area (Å²) in [5.41, 5.74) is 4.05. The zero-order valence-corrected chi connectivity index (χ0v) is 13.2. The standard InChI is InChI=1S/C17H17BrN2/c1-3-13-7-9-14(10-8-13)12(2)20-17-6-4-5-16(18)15(17)11-19/h4-10,12,20H,3H2,1-2H3. The molecule has 1 unspecified atom stereocenters. The van der Waals surface area contributed by atoms with Gasteiger partial charge in [-0.15, -0.1) is 0 Å². The van der Waals surface area contributed by atoms with Crippen LogP contribution in [0.15, 0.2) is 46.9 Å². The topological polar surface area (TPSA) is 35.8 Å². The van der Waals surface area contributed by atoms with Gasteiger partial charge in [0, 0.05) is 10.5 Å². The van der Waals surface area contributed by atoms with Crippen molar-refractivity contribution < 1.29 is 0 Å². The van der Waals surface area contributed by atoms with Gasteiger partial charge in [0.1, 0.15) is 6.07 Å². The lowest BCUT2D eigenvalue weighted by Gasteiger charge is -2.17. The Hall–Kier alpha value is -1.79. The van der Waals surface area contributed by atoms with Crippen LogP contribution in [0, 0.1) is 11.3 Å². The third-order valence-corrected chi connectivity index (χ3v) is 4.05. The second-order valence-corrected chi connectivity index (χ2v) is 5.59. The number of halogens is 1. The van der Waals surface area contributed by atoms with Crippen LogP contribution in [0.25, 0.3) is 0 Å². The van der Waals surface area contributed by atoms with Gasteiger partial charge in [-0.3, -0.25) is 0 Å². The molecule has 2 aromatic carbocycles. The van der Waals surface area contributed by atoms with Gasteiger partial charge < -0.3 is 5.32 Å². The molecule has 3 heteroatoms. The lowest BCUT2D eigenvalue weighted by molar-refractivity contribution is 0.881. The fourth-order valence-corrected chi connectivity index (χ4v) is 2.57. The molecule has 102 valence electrons. The van der Waals surface area contributed by atoms with Crippen molar-refractivity contribution in [2.75, 3.05) is 5.32 Å². The van der Waals surface area contributed by atoms with E-state index in [-0.39, 0.29) is 6.04 Å². The Bertz CT molecular complexity index is 626. The van der Waals surface area contributed by atoms with Crippen LogP contribution < -0.4 is 5.32 Å². The Morgan fingerprint density at radius 3 is 2.50 bits per heavy atom. The second kappa shape index (κ2) is 6.58. The molecule has 2 aromatic rings. The summed E-state index contributed by atoms with van der Waals surface area (Å²) in [4.78, 5) is 0. The molecule has 0 fully saturated rings. The first-order valence-corrected chi connectivity index (χ1v) is 7.49. The smallest absolute Gasteiger partial charge is 0.103 e. The second-order valence-electron chi connectivity index (χ2n) is 4.74. The van der Waals surface area contributed by atoms with Crippen molar-refractivity contribution in [1.82, 2.24) is 0 Å². The molecule has 2 nitrogen and oxygen atoms in total. The molecule has 0 spiro atoms. The molecular formula is C17H17BrN2. The molecular weight excluding hydrogens is 312 g/mol. The Kier molecular flexibility index (Phi) is 4.81. The monoisotopic (exact) mass is 328 g/mol. The van der Waals surface area contributed by atoms with Crippen molar-refractivity contribution in [2.45, 2.75) is 26.3 Å². The third kappa shape index (κ3) is 3.20. The third-order valence-electron chi connectivity index (χ3n) is 3.39. The van der Waals surface area contributed by atoms with Gasteiger partial charge in [0.05, 0.1) is 11.3 Å². The predicted octanol–water partition coefficient (Wildman–Crippen LogP) is 5.06. The highest BCUT2D eigenvalue weighted by Gasteiger charge is 2.10. The maximum Gasteiger partial charge on any atom is 0.103 e. The van der Waals surface area contributed by atoms with E-state index in [4.69, 9.17) is 0 Å². The summed E-state index contributed by atoms with van der Waals surface area (Å²) in [5, 5.41) is 12.6. The first-order chi connectivity index (χ1) is 9.65. The maximum absolute atomic E-state index is 9.23. The van der Waals surface area contributed by atoms with E-state index in [0.29, 0.717) is 5.56 Å². The van der Waals surface area contributed by atoms with Gasteiger partial charge in [0.25, 0.3) is 0 Å². The zero-order chi connectivity index (χ0) is 14.5. The molecule has 0 aliphatic rings. The molecule has 0 amide bonds. The summed E-state index contributed by atoms with van der Waals surface area (Å²) in [7, 11) is 0. The van der Waals surface area contributed by atoms with E-state index in [1.807, 2.05) is 18.2 Å². The van der Waals surface area contributed by atoms with Crippen molar-refractivity contribution in [3.8, 4) is 6.07 Å². The van der Waals surface area contributed by atoms with E-state index in [2.05, 4.69) is 65.4 Å². The van der Waals surface area contributed by atoms with E-state index in [9.17, 15) is 5.26 Å². The fraction of sp³-hybridized carbons (Fsp3) is 0.235. The highest BCUT2D eigenvalue weighted by Crippen LogP contribution is 2.27. The van der Waals surface area contributed by atoms with Crippen molar-refractivity contribution in [3.63, 3.8) is 0 Å². The molecule has 1 N–H and O–H groups in total. The van der Waals surface area contributed by atoms with Crippen LogP contribution in [0.2, 0.25) is 0 Å². The quantitative estimate of drug-likeness (QED) is 0.851. The summed E-state index contributed by atoms with van der Waals surface area (Å²) in [6.45, 7) is 4.25. The van der Waals surface area contributed by atoms with E-state index in [1.165, 1.54) is 11.1 Å². The molecule has 0 saturated heterocycles. The van der Waals surface area contributed by atoms with Crippen LogP contribution in [0.1, 0.15) is 36.6 Å². The summed E-state index contributed by atoms with van der Waals surface area (Å²) in [6.07, 6.45) is 1.05. The van der Waals surface area contributed by atoms with Gasteiger partial charge in [-0.1, -0.05) is 37.3 Å².